The van der Waals surface area contributed by atoms with Gasteiger partial charge in [-0.2, -0.15) is 0 Å². The molecule has 1 aromatic heterocycles. The van der Waals surface area contributed by atoms with Crippen LogP contribution in [0.1, 0.15) is 12.2 Å². The molecule has 1 aromatic rings. The van der Waals surface area contributed by atoms with Gasteiger partial charge < -0.3 is 9.15 Å². The van der Waals surface area contributed by atoms with Gasteiger partial charge in [0.2, 0.25) is 0 Å². The van der Waals surface area contributed by atoms with Gasteiger partial charge in [0.05, 0.1) is 24.7 Å². The Morgan fingerprint density at radius 2 is 2.42 bits per heavy atom. The fraction of sp³-hybridized carbons (Fsp3) is 0.250. The number of hydrogen-bond acceptors (Lipinski definition) is 6. The van der Waals surface area contributed by atoms with Crippen LogP contribution in [0, 0.1) is 0 Å². The van der Waals surface area contributed by atoms with Gasteiger partial charge in [0, 0.05) is 12.6 Å². The minimum absolute atomic E-state index is 0.122. The van der Waals surface area contributed by atoms with Crippen molar-refractivity contribution < 1.29 is 18.7 Å². The van der Waals surface area contributed by atoms with E-state index < -0.39 is 0 Å². The number of rotatable bonds is 4. The number of ether oxygens (including phenoxy) is 1. The van der Waals surface area contributed by atoms with E-state index in [-0.39, 0.29) is 24.8 Å². The predicted molar refractivity (Wildman–Crippen MR) is 75.2 cm³/mol. The molecular weight excluding hydrogens is 286 g/mol. The van der Waals surface area contributed by atoms with Gasteiger partial charge in [-0.1, -0.05) is 24.0 Å². The molecular formula is C12H11NO4S2. The van der Waals surface area contributed by atoms with E-state index in [1.54, 1.807) is 18.2 Å². The lowest BCUT2D eigenvalue weighted by Gasteiger charge is -2.12. The zero-order valence-electron chi connectivity index (χ0n) is 10.1. The van der Waals surface area contributed by atoms with Crippen molar-refractivity contribution in [3.63, 3.8) is 0 Å². The van der Waals surface area contributed by atoms with E-state index in [4.69, 9.17) is 16.6 Å². The first-order valence-electron chi connectivity index (χ1n) is 5.47. The van der Waals surface area contributed by atoms with Crippen LogP contribution < -0.4 is 0 Å². The number of furan rings is 1. The molecule has 5 nitrogen and oxygen atoms in total. The molecule has 0 bridgehead atoms. The number of methoxy groups -OCH3 is 1. The fourth-order valence-electron chi connectivity index (χ4n) is 1.50. The lowest BCUT2D eigenvalue weighted by atomic mass is 10.3. The summed E-state index contributed by atoms with van der Waals surface area (Å²) in [6, 6.07) is 3.49. The van der Waals surface area contributed by atoms with Gasteiger partial charge in [-0.15, -0.1) is 0 Å². The predicted octanol–water partition coefficient (Wildman–Crippen LogP) is 2.04. The molecule has 2 rings (SSSR count). The Morgan fingerprint density at radius 1 is 1.63 bits per heavy atom. The van der Waals surface area contributed by atoms with E-state index in [2.05, 4.69) is 4.74 Å². The van der Waals surface area contributed by atoms with E-state index in [0.29, 0.717) is 15.0 Å². The third-order valence-corrected chi connectivity index (χ3v) is 3.84. The van der Waals surface area contributed by atoms with Gasteiger partial charge in [0.25, 0.3) is 5.91 Å². The largest absolute Gasteiger partial charge is 0.469 e. The lowest BCUT2D eigenvalue weighted by molar-refractivity contribution is -0.140. The van der Waals surface area contributed by atoms with Crippen LogP contribution in [0.2, 0.25) is 0 Å². The number of thioether (sulfide) groups is 1. The number of amides is 1. The van der Waals surface area contributed by atoms with E-state index in [1.807, 2.05) is 0 Å². The van der Waals surface area contributed by atoms with Crippen LogP contribution in [-0.2, 0) is 14.3 Å². The first-order chi connectivity index (χ1) is 9.11. The molecule has 0 N–H and O–H groups in total. The molecule has 0 unspecified atom stereocenters. The second-order valence-corrected chi connectivity index (χ2v) is 5.35. The maximum absolute atomic E-state index is 12.1. The number of hydrogen-bond donors (Lipinski definition) is 0. The zero-order chi connectivity index (χ0) is 13.8. The van der Waals surface area contributed by atoms with E-state index in [9.17, 15) is 9.59 Å². The van der Waals surface area contributed by atoms with Crippen LogP contribution in [0.15, 0.2) is 27.7 Å². The third kappa shape index (κ3) is 3.24. The van der Waals surface area contributed by atoms with Crippen molar-refractivity contribution in [3.05, 3.63) is 29.1 Å². The van der Waals surface area contributed by atoms with E-state index in [0.717, 1.165) is 0 Å². The number of carbonyl (C=O) groups is 2. The van der Waals surface area contributed by atoms with Crippen molar-refractivity contribution in [2.45, 2.75) is 6.42 Å². The minimum Gasteiger partial charge on any atom is -0.469 e. The molecule has 1 aliphatic rings. The van der Waals surface area contributed by atoms with Crippen molar-refractivity contribution >= 4 is 46.3 Å². The summed E-state index contributed by atoms with van der Waals surface area (Å²) in [7, 11) is 1.31. The van der Waals surface area contributed by atoms with Gasteiger partial charge >= 0.3 is 5.97 Å². The van der Waals surface area contributed by atoms with Crippen molar-refractivity contribution in [1.82, 2.24) is 4.90 Å². The SMILES string of the molecule is COC(=O)CCN1C(=O)C(=Cc2ccco2)SC1=S. The number of thiocarbonyl (C=S) groups is 1. The van der Waals surface area contributed by atoms with E-state index in [1.165, 1.54) is 30.0 Å². The summed E-state index contributed by atoms with van der Waals surface area (Å²) in [6.45, 7) is 0.229. The number of esters is 1. The Morgan fingerprint density at radius 3 is 3.05 bits per heavy atom. The van der Waals surface area contributed by atoms with Gasteiger partial charge in [0.1, 0.15) is 10.1 Å². The molecule has 0 radical (unpaired) electrons. The van der Waals surface area contributed by atoms with E-state index >= 15 is 0 Å². The first-order valence-corrected chi connectivity index (χ1v) is 6.70. The Labute approximate surface area is 119 Å². The molecule has 1 saturated heterocycles. The highest BCUT2D eigenvalue weighted by Gasteiger charge is 2.32. The normalized spacial score (nSPS) is 17.3. The van der Waals surface area contributed by atoms with Crippen LogP contribution in [0.5, 0.6) is 0 Å². The van der Waals surface area contributed by atoms with Crippen LogP contribution in [0.4, 0.5) is 0 Å². The van der Waals surface area contributed by atoms with Crippen molar-refractivity contribution in [2.24, 2.45) is 0 Å². The second-order valence-electron chi connectivity index (χ2n) is 3.67. The summed E-state index contributed by atoms with van der Waals surface area (Å²) in [5.41, 5.74) is 0. The maximum Gasteiger partial charge on any atom is 0.307 e. The summed E-state index contributed by atoms with van der Waals surface area (Å²) in [5, 5.41) is 0. The molecule has 0 saturated carbocycles. The molecule has 2 heterocycles. The molecule has 0 aromatic carbocycles. The Hall–Kier alpha value is -1.60. The Kier molecular flexibility index (Phi) is 4.39. The average molecular weight is 297 g/mol. The zero-order valence-corrected chi connectivity index (χ0v) is 11.8. The van der Waals surface area contributed by atoms with Gasteiger partial charge in [-0.05, 0) is 12.1 Å². The molecule has 100 valence electrons. The highest BCUT2D eigenvalue weighted by atomic mass is 32.2. The maximum atomic E-state index is 12.1. The summed E-state index contributed by atoms with van der Waals surface area (Å²) in [6.07, 6.45) is 3.29. The molecule has 1 aliphatic heterocycles. The summed E-state index contributed by atoms with van der Waals surface area (Å²) in [5.74, 6) is 0.00725. The van der Waals surface area contributed by atoms with Gasteiger partial charge in [-0.3, -0.25) is 14.5 Å². The van der Waals surface area contributed by atoms with Gasteiger partial charge in [0.15, 0.2) is 0 Å². The first kappa shape index (κ1) is 13.8. The summed E-state index contributed by atoms with van der Waals surface area (Å²) in [4.78, 5) is 25.1. The van der Waals surface area contributed by atoms with Crippen molar-refractivity contribution in [1.29, 1.82) is 0 Å². The quantitative estimate of drug-likeness (QED) is 0.481. The van der Waals surface area contributed by atoms with Crippen molar-refractivity contribution in [2.75, 3.05) is 13.7 Å². The smallest absolute Gasteiger partial charge is 0.307 e. The topological polar surface area (TPSA) is 59.8 Å². The monoisotopic (exact) mass is 297 g/mol. The molecule has 1 fully saturated rings. The molecule has 0 aliphatic carbocycles. The standard InChI is InChI=1S/C12H11NO4S2/c1-16-10(14)4-5-13-11(15)9(19-12(13)18)7-8-3-2-6-17-8/h2-3,6-7H,4-5H2,1H3. The highest BCUT2D eigenvalue weighted by molar-refractivity contribution is 8.26. The second kappa shape index (κ2) is 6.03. The molecule has 0 atom stereocenters. The highest BCUT2D eigenvalue weighted by Crippen LogP contribution is 2.32. The molecule has 19 heavy (non-hydrogen) atoms. The minimum atomic E-state index is -0.371. The molecule has 1 amide bonds. The van der Waals surface area contributed by atoms with Gasteiger partial charge in [-0.25, -0.2) is 0 Å². The Bertz CT molecular complexity index is 536. The summed E-state index contributed by atoms with van der Waals surface area (Å²) < 4.78 is 10.1. The lowest BCUT2D eigenvalue weighted by Crippen LogP contribution is -2.30. The fourth-order valence-corrected chi connectivity index (χ4v) is 2.79. The number of nitrogens with zero attached hydrogens (tertiary/aromatic N) is 1. The Balaban J connectivity index is 2.06. The average Bonchev–Trinajstić information content (AvgIpc) is 2.98. The third-order valence-electron chi connectivity index (χ3n) is 2.46. The van der Waals surface area contributed by atoms with Crippen molar-refractivity contribution in [3.8, 4) is 0 Å². The molecule has 7 heteroatoms. The van der Waals surface area contributed by atoms with Crippen LogP contribution >= 0.6 is 24.0 Å². The van der Waals surface area contributed by atoms with Crippen LogP contribution in [0.3, 0.4) is 0 Å². The number of carbonyl (C=O) groups excluding carboxylic acids is 2. The molecule has 0 spiro atoms. The van der Waals surface area contributed by atoms with Crippen LogP contribution in [0.25, 0.3) is 6.08 Å². The summed E-state index contributed by atoms with van der Waals surface area (Å²) >= 11 is 6.32. The van der Waals surface area contributed by atoms with Crippen LogP contribution in [-0.4, -0.2) is 34.8 Å².